The Hall–Kier alpha value is -2.12. The van der Waals surface area contributed by atoms with Gasteiger partial charge in [0.05, 0.1) is 18.9 Å². The van der Waals surface area contributed by atoms with Crippen LogP contribution in [0.1, 0.15) is 32.6 Å². The maximum absolute atomic E-state index is 11.8. The quantitative estimate of drug-likeness (QED) is 0.709. The Balaban J connectivity index is 2.33. The van der Waals surface area contributed by atoms with E-state index in [1.165, 1.54) is 4.90 Å². The fraction of sp³-hybridized carbons (Fsp3) is 0.692. The molecule has 0 spiro atoms. The first kappa shape index (κ1) is 16.9. The molecule has 21 heavy (non-hydrogen) atoms. The van der Waals surface area contributed by atoms with Crippen LogP contribution < -0.4 is 5.32 Å². The summed E-state index contributed by atoms with van der Waals surface area (Å²) in [7, 11) is 0. The van der Waals surface area contributed by atoms with Crippen LogP contribution in [0.5, 0.6) is 0 Å². The number of amides is 3. The smallest absolute Gasteiger partial charge is 0.324 e. The predicted molar refractivity (Wildman–Crippen MR) is 71.3 cm³/mol. The number of rotatable bonds is 5. The van der Waals surface area contributed by atoms with Gasteiger partial charge in [-0.05, 0) is 19.8 Å². The Labute approximate surface area is 122 Å². The van der Waals surface area contributed by atoms with Crippen molar-refractivity contribution < 1.29 is 29.0 Å². The predicted octanol–water partition coefficient (Wildman–Crippen LogP) is 0.362. The average molecular weight is 300 g/mol. The van der Waals surface area contributed by atoms with Gasteiger partial charge in [0, 0.05) is 19.5 Å². The summed E-state index contributed by atoms with van der Waals surface area (Å²) in [5, 5.41) is 10.6. The molecule has 0 aromatic heterocycles. The highest BCUT2D eigenvalue weighted by molar-refractivity contribution is 5.95. The number of carboxylic acids is 1. The number of urea groups is 1. The van der Waals surface area contributed by atoms with Gasteiger partial charge in [0.25, 0.3) is 0 Å². The summed E-state index contributed by atoms with van der Waals surface area (Å²) in [6.45, 7) is 2.80. The minimum Gasteiger partial charge on any atom is -0.481 e. The van der Waals surface area contributed by atoms with Gasteiger partial charge < -0.3 is 14.7 Å². The molecule has 0 aliphatic carbocycles. The fourth-order valence-corrected chi connectivity index (χ4v) is 2.06. The first-order valence-electron chi connectivity index (χ1n) is 6.91. The van der Waals surface area contributed by atoms with Gasteiger partial charge in [0.15, 0.2) is 0 Å². The number of likely N-dealkylation sites (tertiary alicyclic amines) is 1. The number of esters is 1. The van der Waals surface area contributed by atoms with E-state index in [2.05, 4.69) is 5.32 Å². The van der Waals surface area contributed by atoms with E-state index >= 15 is 0 Å². The highest BCUT2D eigenvalue weighted by atomic mass is 16.5. The summed E-state index contributed by atoms with van der Waals surface area (Å²) in [5.74, 6) is -2.17. The summed E-state index contributed by atoms with van der Waals surface area (Å²) in [4.78, 5) is 46.5. The minimum atomic E-state index is -1.09. The van der Waals surface area contributed by atoms with Gasteiger partial charge in [-0.25, -0.2) is 4.79 Å². The van der Waals surface area contributed by atoms with Gasteiger partial charge in [-0.15, -0.1) is 0 Å². The SMILES string of the molecule is CCOC(=O)C1CCN(C(=O)NC(=O)CCC(=O)O)CC1. The minimum absolute atomic E-state index is 0.211. The summed E-state index contributed by atoms with van der Waals surface area (Å²) in [5.41, 5.74) is 0. The summed E-state index contributed by atoms with van der Waals surface area (Å²) in [6, 6.07) is -0.548. The van der Waals surface area contributed by atoms with E-state index < -0.39 is 17.9 Å². The molecule has 1 fully saturated rings. The number of carbonyl (C=O) groups excluding carboxylic acids is 3. The van der Waals surface area contributed by atoms with Crippen LogP contribution >= 0.6 is 0 Å². The van der Waals surface area contributed by atoms with Gasteiger partial charge in [-0.1, -0.05) is 0 Å². The lowest BCUT2D eigenvalue weighted by Crippen LogP contribution is -2.47. The summed E-state index contributed by atoms with van der Waals surface area (Å²) < 4.78 is 4.93. The second-order valence-electron chi connectivity index (χ2n) is 4.76. The molecule has 0 bridgehead atoms. The van der Waals surface area contributed by atoms with Gasteiger partial charge in [-0.2, -0.15) is 0 Å². The van der Waals surface area contributed by atoms with Crippen LogP contribution in [0.2, 0.25) is 0 Å². The average Bonchev–Trinajstić information content (AvgIpc) is 2.45. The van der Waals surface area contributed by atoms with Crippen LogP contribution in [0.25, 0.3) is 0 Å². The molecule has 8 nitrogen and oxygen atoms in total. The van der Waals surface area contributed by atoms with E-state index in [0.717, 1.165) is 0 Å². The maximum atomic E-state index is 11.8. The van der Waals surface area contributed by atoms with Gasteiger partial charge in [0.2, 0.25) is 5.91 Å². The molecule has 0 aromatic rings. The molecule has 1 aliphatic heterocycles. The van der Waals surface area contributed by atoms with E-state index in [4.69, 9.17) is 9.84 Å². The molecule has 0 unspecified atom stereocenters. The van der Waals surface area contributed by atoms with Crippen LogP contribution in [-0.4, -0.2) is 53.6 Å². The zero-order valence-electron chi connectivity index (χ0n) is 12.0. The number of carbonyl (C=O) groups is 4. The van der Waals surface area contributed by atoms with E-state index in [1.54, 1.807) is 6.92 Å². The molecule has 3 amide bonds. The molecular weight excluding hydrogens is 280 g/mol. The second-order valence-corrected chi connectivity index (χ2v) is 4.76. The van der Waals surface area contributed by atoms with Crippen molar-refractivity contribution in [3.05, 3.63) is 0 Å². The molecule has 0 radical (unpaired) electrons. The molecule has 0 aromatic carbocycles. The Morgan fingerprint density at radius 2 is 1.81 bits per heavy atom. The second kappa shape index (κ2) is 8.23. The van der Waals surface area contributed by atoms with Gasteiger partial charge in [-0.3, -0.25) is 19.7 Å². The zero-order chi connectivity index (χ0) is 15.8. The molecule has 2 N–H and O–H groups in total. The number of carboxylic acid groups (broad SMARTS) is 1. The largest absolute Gasteiger partial charge is 0.481 e. The third-order valence-corrected chi connectivity index (χ3v) is 3.21. The highest BCUT2D eigenvalue weighted by Gasteiger charge is 2.28. The van der Waals surface area contributed by atoms with Crippen molar-refractivity contribution in [1.29, 1.82) is 0 Å². The number of hydrogen-bond acceptors (Lipinski definition) is 5. The fourth-order valence-electron chi connectivity index (χ4n) is 2.06. The molecule has 1 aliphatic rings. The van der Waals surface area contributed by atoms with Gasteiger partial charge >= 0.3 is 18.0 Å². The highest BCUT2D eigenvalue weighted by Crippen LogP contribution is 2.18. The normalized spacial score (nSPS) is 15.4. The summed E-state index contributed by atoms with van der Waals surface area (Å²) in [6.07, 6.45) is 0.440. The first-order valence-corrected chi connectivity index (χ1v) is 6.91. The molecule has 1 saturated heterocycles. The monoisotopic (exact) mass is 300 g/mol. The van der Waals surface area contributed by atoms with Crippen molar-refractivity contribution in [1.82, 2.24) is 10.2 Å². The Morgan fingerprint density at radius 3 is 2.33 bits per heavy atom. The number of ether oxygens (including phenoxy) is 1. The van der Waals surface area contributed by atoms with Crippen molar-refractivity contribution in [2.24, 2.45) is 5.92 Å². The molecular formula is C13H20N2O6. The van der Waals surface area contributed by atoms with Crippen LogP contribution in [0.15, 0.2) is 0 Å². The van der Waals surface area contributed by atoms with E-state index in [9.17, 15) is 19.2 Å². The van der Waals surface area contributed by atoms with Crippen molar-refractivity contribution in [3.8, 4) is 0 Å². The zero-order valence-corrected chi connectivity index (χ0v) is 12.0. The van der Waals surface area contributed by atoms with Crippen LogP contribution in [0.4, 0.5) is 4.79 Å². The Bertz CT molecular complexity index is 415. The van der Waals surface area contributed by atoms with Gasteiger partial charge in [0.1, 0.15) is 0 Å². The first-order chi connectivity index (χ1) is 9.93. The van der Waals surface area contributed by atoms with Crippen LogP contribution in [0, 0.1) is 5.92 Å². The number of hydrogen-bond donors (Lipinski definition) is 2. The number of nitrogens with one attached hydrogen (secondary N) is 1. The lowest BCUT2D eigenvalue weighted by Gasteiger charge is -2.30. The van der Waals surface area contributed by atoms with Crippen molar-refractivity contribution >= 4 is 23.9 Å². The van der Waals surface area contributed by atoms with E-state index in [-0.39, 0.29) is 24.7 Å². The summed E-state index contributed by atoms with van der Waals surface area (Å²) >= 11 is 0. The maximum Gasteiger partial charge on any atom is 0.324 e. The Kier molecular flexibility index (Phi) is 6.64. The van der Waals surface area contributed by atoms with E-state index in [1.807, 2.05) is 0 Å². The third-order valence-electron chi connectivity index (χ3n) is 3.21. The number of nitrogens with zero attached hydrogens (tertiary/aromatic N) is 1. The molecule has 1 heterocycles. The van der Waals surface area contributed by atoms with Crippen molar-refractivity contribution in [2.45, 2.75) is 32.6 Å². The topological polar surface area (TPSA) is 113 Å². The molecule has 0 saturated carbocycles. The van der Waals surface area contributed by atoms with Crippen LogP contribution in [0.3, 0.4) is 0 Å². The third kappa shape index (κ3) is 5.80. The van der Waals surface area contributed by atoms with Crippen molar-refractivity contribution in [3.63, 3.8) is 0 Å². The standard InChI is InChI=1S/C13H20N2O6/c1-2-21-12(19)9-5-7-15(8-6-9)13(20)14-10(16)3-4-11(17)18/h9H,2-8H2,1H3,(H,17,18)(H,14,16,20). The Morgan fingerprint density at radius 1 is 1.19 bits per heavy atom. The number of piperidine rings is 1. The lowest BCUT2D eigenvalue weighted by atomic mass is 9.97. The van der Waals surface area contributed by atoms with Crippen molar-refractivity contribution in [2.75, 3.05) is 19.7 Å². The molecule has 1 rings (SSSR count). The van der Waals surface area contributed by atoms with E-state index in [0.29, 0.717) is 32.5 Å². The molecule has 0 atom stereocenters. The number of aliphatic carboxylic acids is 1. The van der Waals surface area contributed by atoms with Crippen LogP contribution in [-0.2, 0) is 19.1 Å². The number of imide groups is 1. The lowest BCUT2D eigenvalue weighted by molar-refractivity contribution is -0.149. The molecule has 118 valence electrons. The molecule has 8 heteroatoms.